The van der Waals surface area contributed by atoms with Crippen LogP contribution in [-0.4, -0.2) is 19.8 Å². The van der Waals surface area contributed by atoms with Crippen LogP contribution >= 0.6 is 0 Å². The Hall–Kier alpha value is -2.79. The van der Waals surface area contributed by atoms with Crippen molar-refractivity contribution in [3.05, 3.63) is 77.6 Å². The quantitative estimate of drug-likeness (QED) is 0.202. The van der Waals surface area contributed by atoms with Crippen LogP contribution in [0.25, 0.3) is 22.3 Å². The maximum absolute atomic E-state index is 15.2. The van der Waals surface area contributed by atoms with Gasteiger partial charge in [-0.3, -0.25) is 0 Å². The molecule has 39 heavy (non-hydrogen) atoms. The second-order valence-electron chi connectivity index (χ2n) is 10.7. The minimum Gasteiger partial charge on any atom is -0.490 e. The van der Waals surface area contributed by atoms with Crippen LogP contribution in [0, 0.1) is 23.4 Å². The number of hydrogen-bond acceptors (Lipinski definition) is 2. The third-order valence-electron chi connectivity index (χ3n) is 7.93. The molecule has 0 bridgehead atoms. The molecule has 3 aromatic carbocycles. The Kier molecular flexibility index (Phi) is 10.9. The summed E-state index contributed by atoms with van der Waals surface area (Å²) >= 11 is 0. The molecule has 4 rings (SSSR count). The molecule has 0 amide bonds. The first-order chi connectivity index (χ1) is 19.0. The van der Waals surface area contributed by atoms with Crippen molar-refractivity contribution in [2.75, 3.05) is 19.8 Å². The highest BCUT2D eigenvalue weighted by Crippen LogP contribution is 2.38. The van der Waals surface area contributed by atoms with Gasteiger partial charge in [0.1, 0.15) is 5.82 Å². The van der Waals surface area contributed by atoms with Crippen molar-refractivity contribution >= 4 is 0 Å². The summed E-state index contributed by atoms with van der Waals surface area (Å²) in [5.74, 6) is -1.25. The molecule has 1 saturated carbocycles. The van der Waals surface area contributed by atoms with E-state index in [0.29, 0.717) is 35.1 Å². The number of hydrogen-bond donors (Lipinski definition) is 0. The van der Waals surface area contributed by atoms with Gasteiger partial charge in [-0.1, -0.05) is 69.0 Å². The van der Waals surface area contributed by atoms with Crippen LogP contribution in [0.1, 0.15) is 83.1 Å². The van der Waals surface area contributed by atoms with Gasteiger partial charge in [0, 0.05) is 24.3 Å². The van der Waals surface area contributed by atoms with Gasteiger partial charge < -0.3 is 9.47 Å². The highest BCUT2D eigenvalue weighted by molar-refractivity contribution is 5.71. The third kappa shape index (κ3) is 7.66. The highest BCUT2D eigenvalue weighted by Gasteiger charge is 2.23. The van der Waals surface area contributed by atoms with Crippen molar-refractivity contribution in [2.24, 2.45) is 5.92 Å². The molecule has 2 nitrogen and oxygen atoms in total. The van der Waals surface area contributed by atoms with Crippen molar-refractivity contribution in [3.63, 3.8) is 0 Å². The van der Waals surface area contributed by atoms with E-state index in [9.17, 15) is 8.78 Å². The average molecular weight is 539 g/mol. The molecule has 0 aliphatic heterocycles. The number of benzene rings is 3. The van der Waals surface area contributed by atoms with Crippen molar-refractivity contribution in [3.8, 4) is 28.0 Å². The Labute approximate surface area is 231 Å². The van der Waals surface area contributed by atoms with Crippen molar-refractivity contribution in [1.82, 2.24) is 0 Å². The van der Waals surface area contributed by atoms with Crippen LogP contribution in [0.5, 0.6) is 5.75 Å². The molecular formula is C34H41F3O2. The zero-order valence-corrected chi connectivity index (χ0v) is 23.3. The SMILES string of the molecule is CCCCCCCOc1ccc(-c2ccc(-c3ccc(C4CCC(COCC)CC4)cc3F)cc2)c(F)c1F. The smallest absolute Gasteiger partial charge is 0.201 e. The molecule has 1 aliphatic carbocycles. The van der Waals surface area contributed by atoms with Crippen LogP contribution in [0.15, 0.2) is 54.6 Å². The van der Waals surface area contributed by atoms with Gasteiger partial charge in [-0.15, -0.1) is 0 Å². The first kappa shape index (κ1) is 29.2. The number of halogens is 3. The second-order valence-corrected chi connectivity index (χ2v) is 10.7. The molecule has 1 aliphatic rings. The Morgan fingerprint density at radius 1 is 0.718 bits per heavy atom. The summed E-state index contributed by atoms with van der Waals surface area (Å²) in [6.45, 7) is 6.11. The normalized spacial score (nSPS) is 17.4. The predicted molar refractivity (Wildman–Crippen MR) is 153 cm³/mol. The fraction of sp³-hybridized carbons (Fsp3) is 0.471. The lowest BCUT2D eigenvalue weighted by Crippen LogP contribution is -2.18. The zero-order valence-electron chi connectivity index (χ0n) is 23.3. The van der Waals surface area contributed by atoms with Crippen LogP contribution < -0.4 is 4.74 Å². The van der Waals surface area contributed by atoms with Crippen LogP contribution in [0.4, 0.5) is 13.2 Å². The average Bonchev–Trinajstić information content (AvgIpc) is 2.96. The standard InChI is InChI=1S/C34H41F3O2/c1-3-5-6-7-8-21-39-32-20-19-30(33(36)34(32)37)27-15-13-26(14-16-27)29-18-17-28(22-31(29)35)25-11-9-24(10-12-25)23-38-4-2/h13-20,22,24-25H,3-12,21,23H2,1-2H3. The van der Waals surface area contributed by atoms with Crippen LogP contribution in [0.3, 0.4) is 0 Å². The fourth-order valence-electron chi connectivity index (χ4n) is 5.55. The molecule has 0 unspecified atom stereocenters. The molecule has 1 fully saturated rings. The van der Waals surface area contributed by atoms with E-state index in [-0.39, 0.29) is 17.1 Å². The molecule has 0 saturated heterocycles. The molecule has 0 atom stereocenters. The van der Waals surface area contributed by atoms with E-state index >= 15 is 4.39 Å². The Balaban J connectivity index is 1.39. The molecular weight excluding hydrogens is 497 g/mol. The molecule has 0 N–H and O–H groups in total. The van der Waals surface area contributed by atoms with E-state index in [4.69, 9.17) is 9.47 Å². The van der Waals surface area contributed by atoms with E-state index in [1.54, 1.807) is 36.4 Å². The maximum atomic E-state index is 15.2. The second kappa shape index (κ2) is 14.6. The number of rotatable bonds is 13. The Morgan fingerprint density at radius 2 is 1.38 bits per heavy atom. The fourth-order valence-corrected chi connectivity index (χ4v) is 5.55. The monoisotopic (exact) mass is 538 g/mol. The van der Waals surface area contributed by atoms with Gasteiger partial charge in [0.25, 0.3) is 0 Å². The first-order valence-electron chi connectivity index (χ1n) is 14.6. The van der Waals surface area contributed by atoms with Crippen molar-refractivity contribution < 1.29 is 22.6 Å². The van der Waals surface area contributed by atoms with E-state index in [1.807, 2.05) is 19.1 Å². The molecule has 210 valence electrons. The van der Waals surface area contributed by atoms with E-state index in [1.165, 1.54) is 12.5 Å². The number of unbranched alkanes of at least 4 members (excludes halogenated alkanes) is 4. The summed E-state index contributed by atoms with van der Waals surface area (Å²) in [7, 11) is 0. The van der Waals surface area contributed by atoms with Crippen LogP contribution in [0.2, 0.25) is 0 Å². The summed E-state index contributed by atoms with van der Waals surface area (Å²) < 4.78 is 55.8. The molecule has 0 aromatic heterocycles. The number of ether oxygens (including phenoxy) is 2. The third-order valence-corrected chi connectivity index (χ3v) is 7.93. The maximum Gasteiger partial charge on any atom is 0.201 e. The van der Waals surface area contributed by atoms with Gasteiger partial charge in [-0.05, 0) is 85.8 Å². The molecule has 0 heterocycles. The van der Waals surface area contributed by atoms with Gasteiger partial charge in [-0.25, -0.2) is 8.78 Å². The Morgan fingerprint density at radius 3 is 2.05 bits per heavy atom. The van der Waals surface area contributed by atoms with Crippen molar-refractivity contribution in [1.29, 1.82) is 0 Å². The highest BCUT2D eigenvalue weighted by atomic mass is 19.2. The van der Waals surface area contributed by atoms with Gasteiger partial charge in [-0.2, -0.15) is 4.39 Å². The summed E-state index contributed by atoms with van der Waals surface area (Å²) in [6, 6.07) is 15.5. The Bertz CT molecular complexity index is 1180. The molecule has 3 aromatic rings. The topological polar surface area (TPSA) is 18.5 Å². The first-order valence-corrected chi connectivity index (χ1v) is 14.6. The molecule has 0 spiro atoms. The molecule has 0 radical (unpaired) electrons. The van der Waals surface area contributed by atoms with E-state index in [0.717, 1.165) is 70.1 Å². The minimum atomic E-state index is -0.973. The van der Waals surface area contributed by atoms with Crippen molar-refractivity contribution in [2.45, 2.75) is 77.6 Å². The summed E-state index contributed by atoms with van der Waals surface area (Å²) in [5.41, 5.74) is 2.94. The molecule has 5 heteroatoms. The van der Waals surface area contributed by atoms with E-state index in [2.05, 4.69) is 6.92 Å². The predicted octanol–water partition coefficient (Wildman–Crippen LogP) is 10.1. The summed E-state index contributed by atoms with van der Waals surface area (Å²) in [4.78, 5) is 0. The van der Waals surface area contributed by atoms with E-state index < -0.39 is 11.6 Å². The summed E-state index contributed by atoms with van der Waals surface area (Å²) in [6.07, 6.45) is 9.60. The lowest BCUT2D eigenvalue weighted by Gasteiger charge is -2.28. The summed E-state index contributed by atoms with van der Waals surface area (Å²) in [5, 5.41) is 0. The lowest BCUT2D eigenvalue weighted by atomic mass is 9.78. The van der Waals surface area contributed by atoms with Gasteiger partial charge in [0.15, 0.2) is 11.6 Å². The lowest BCUT2D eigenvalue weighted by molar-refractivity contribution is 0.0920. The van der Waals surface area contributed by atoms with Gasteiger partial charge in [0.2, 0.25) is 5.82 Å². The van der Waals surface area contributed by atoms with Gasteiger partial charge >= 0.3 is 0 Å². The minimum absolute atomic E-state index is 0.0618. The van der Waals surface area contributed by atoms with Crippen LogP contribution in [-0.2, 0) is 4.74 Å². The zero-order chi connectivity index (χ0) is 27.6. The largest absolute Gasteiger partial charge is 0.490 e. The van der Waals surface area contributed by atoms with Gasteiger partial charge in [0.05, 0.1) is 6.61 Å².